The Morgan fingerprint density at radius 3 is 0.832 bits per heavy atom. The van der Waals surface area contributed by atoms with Gasteiger partial charge in [-0.1, -0.05) is 372 Å². The minimum atomic E-state index is -1.74. The Kier molecular flexibility index (Phi) is 69.2. The van der Waals surface area contributed by atoms with E-state index in [4.69, 9.17) is 10.2 Å². The topological polar surface area (TPSA) is 228 Å². The van der Waals surface area contributed by atoms with Gasteiger partial charge >= 0.3 is 20.4 Å². The van der Waals surface area contributed by atoms with Gasteiger partial charge in [-0.15, -0.1) is 0 Å². The molecule has 0 spiro atoms. The summed E-state index contributed by atoms with van der Waals surface area (Å²) in [5.41, 5.74) is 15.8. The van der Waals surface area contributed by atoms with Gasteiger partial charge in [0.1, 0.15) is 36.6 Å². The predicted molar refractivity (Wildman–Crippen MR) is 423 cm³/mol. The van der Waals surface area contributed by atoms with Crippen LogP contribution in [0.15, 0.2) is 60.2 Å². The van der Waals surface area contributed by atoms with Crippen molar-refractivity contribution in [3.05, 3.63) is 102 Å². The second-order valence-electron chi connectivity index (χ2n) is 29.9. The standard InChI is InChI=1S/C34H48N2O10.2C27H55.Pd/c1-2-3-4-5-10-24-17-25(22-11-6-8-20(13-22)15-26(39)31(43)33(45)28(41)18-37)36(35)30(24)23-12-7-9-21(14-23)16-27(40)32(44)34(46)29(42)19-38;2*1-3-5-7-9-11-13-15-17-19-21-23-25-27-26-24-22-20-18-16-14-12-10-8-6-4-2;/h6-9,11-14,17,26-29,31-34,37-46H,2-5,10,15-16,18-19H2,1H3;2*1,3-27H2,2H3;/q;2*-1;+2. The average molecular weight is 1510 g/mol. The smallest absolute Gasteiger partial charge is 0.493 e. The van der Waals surface area contributed by atoms with Gasteiger partial charge in [-0.05, 0) is 48.2 Å². The van der Waals surface area contributed by atoms with E-state index in [0.29, 0.717) is 40.1 Å². The molecule has 8 unspecified atom stereocenters. The van der Waals surface area contributed by atoms with E-state index in [1.165, 1.54) is 308 Å². The molecule has 2 aromatic carbocycles. The summed E-state index contributed by atoms with van der Waals surface area (Å²) in [6.07, 6.45) is 66.0. The maximum absolute atomic E-state index is 11.5. The predicted octanol–water partition coefficient (Wildman–Crippen LogP) is 21.6. The van der Waals surface area contributed by atoms with Crippen molar-refractivity contribution in [2.24, 2.45) is 0 Å². The molecule has 3 rings (SSSR count). The minimum Gasteiger partial charge on any atom is -0.493 e. The van der Waals surface area contributed by atoms with E-state index in [2.05, 4.69) is 34.6 Å². The Morgan fingerprint density at radius 1 is 0.327 bits per heavy atom. The third-order valence-corrected chi connectivity index (χ3v) is 20.5. The molecule has 0 saturated carbocycles. The summed E-state index contributed by atoms with van der Waals surface area (Å²) >= 11 is 0. The van der Waals surface area contributed by atoms with Crippen molar-refractivity contribution in [1.29, 1.82) is 0 Å². The number of hydrogen-bond acceptors (Lipinski definition) is 10. The number of benzene rings is 2. The molecule has 0 fully saturated rings. The van der Waals surface area contributed by atoms with Gasteiger partial charge in [0.2, 0.25) is 11.4 Å². The van der Waals surface area contributed by atoms with Gasteiger partial charge in [-0.25, -0.2) is 4.70 Å². The Morgan fingerprint density at radius 2 is 0.564 bits per heavy atom. The molecule has 1 aliphatic rings. The van der Waals surface area contributed by atoms with E-state index in [0.717, 1.165) is 48.8 Å². The second kappa shape index (κ2) is 70.7. The van der Waals surface area contributed by atoms with Gasteiger partial charge in [0.25, 0.3) is 0 Å². The summed E-state index contributed by atoms with van der Waals surface area (Å²) in [6.45, 7) is 13.0. The van der Waals surface area contributed by atoms with Crippen molar-refractivity contribution < 1.29 is 76.2 Å². The number of aliphatic hydroxyl groups excluding tert-OH is 10. The molecular formula is C88H158N2O10Pd. The van der Waals surface area contributed by atoms with E-state index in [1.807, 2.05) is 6.08 Å². The van der Waals surface area contributed by atoms with Gasteiger partial charge in [-0.2, -0.15) is 12.8 Å². The third-order valence-electron chi connectivity index (χ3n) is 20.5. The molecule has 0 aliphatic carbocycles. The number of aliphatic hydroxyl groups is 10. The maximum Gasteiger partial charge on any atom is 2.00 e. The SMILES string of the molecule is CCCCCCC1=C(c2cccc(CC(O)C(O)C(O)C(O)CO)c2)[N+](=[N-])C(c2cccc(CC(O)C(O)C(O)C(O)CO)c2)=C1.[CH2-]CCCCCCCCCCCCCCCCCCCCCCCCCC.[CH2-]CCCCCCCCCCCCCCCCCCCCCCCCCC.[Pd+2]. The molecule has 0 amide bonds. The van der Waals surface area contributed by atoms with Crippen LogP contribution in [-0.2, 0) is 33.3 Å². The van der Waals surface area contributed by atoms with E-state index >= 15 is 0 Å². The van der Waals surface area contributed by atoms with Crippen LogP contribution in [0.5, 0.6) is 0 Å². The zero-order valence-corrected chi connectivity index (χ0v) is 66.7. The number of nitrogens with zero attached hydrogens (tertiary/aromatic N) is 2. The molecular weight excluding hydrogens is 1350 g/mol. The zero-order valence-electron chi connectivity index (χ0n) is 65.1. The average Bonchev–Trinajstić information content (AvgIpc) is 1.64. The quantitative estimate of drug-likeness (QED) is 0.0130. The van der Waals surface area contributed by atoms with Crippen LogP contribution in [0, 0.1) is 13.8 Å². The van der Waals surface area contributed by atoms with Crippen molar-refractivity contribution >= 4 is 11.4 Å². The Labute approximate surface area is 634 Å². The van der Waals surface area contributed by atoms with Gasteiger partial charge in [0, 0.05) is 35.6 Å². The van der Waals surface area contributed by atoms with Crippen LogP contribution in [0.25, 0.3) is 16.9 Å². The largest absolute Gasteiger partial charge is 2.00 e. The Hall–Kier alpha value is -2.22. The normalized spacial score (nSPS) is 14.7. The zero-order chi connectivity index (χ0) is 73.3. The molecule has 1 heterocycles. The van der Waals surface area contributed by atoms with Crippen LogP contribution in [0.2, 0.25) is 0 Å². The summed E-state index contributed by atoms with van der Waals surface area (Å²) < 4.78 is 1.08. The molecule has 0 bridgehead atoms. The first kappa shape index (κ1) is 98.8. The molecule has 2 aromatic rings. The first-order chi connectivity index (χ1) is 48.8. The Bertz CT molecular complexity index is 2120. The minimum absolute atomic E-state index is 0. The van der Waals surface area contributed by atoms with Crippen LogP contribution in [0.1, 0.15) is 396 Å². The molecule has 8 atom stereocenters. The summed E-state index contributed by atoms with van der Waals surface area (Å²) in [5, 5.41) is 99.0. The molecule has 590 valence electrons. The fraction of sp³-hybridized carbons (Fsp3) is 0.795. The first-order valence-corrected chi connectivity index (χ1v) is 42.1. The number of rotatable bonds is 67. The van der Waals surface area contributed by atoms with Crippen LogP contribution in [0.3, 0.4) is 0 Å². The van der Waals surface area contributed by atoms with Gasteiger partial charge < -0.3 is 70.4 Å². The molecule has 10 N–H and O–H groups in total. The summed E-state index contributed by atoms with van der Waals surface area (Å²) in [5.74, 6) is 0. The molecule has 0 radical (unpaired) electrons. The van der Waals surface area contributed by atoms with Crippen molar-refractivity contribution in [3.63, 3.8) is 0 Å². The van der Waals surface area contributed by atoms with Crippen LogP contribution in [-0.4, -0.2) is 118 Å². The van der Waals surface area contributed by atoms with E-state index < -0.39 is 62.0 Å². The molecule has 1 aliphatic heterocycles. The summed E-state index contributed by atoms with van der Waals surface area (Å²) in [4.78, 5) is 0. The van der Waals surface area contributed by atoms with E-state index in [1.54, 1.807) is 48.5 Å². The van der Waals surface area contributed by atoms with Crippen molar-refractivity contribution in [1.82, 2.24) is 0 Å². The van der Waals surface area contributed by atoms with Gasteiger partial charge in [0.15, 0.2) is 0 Å². The molecule has 101 heavy (non-hydrogen) atoms. The molecule has 0 aromatic heterocycles. The van der Waals surface area contributed by atoms with Gasteiger partial charge in [0.05, 0.1) is 25.4 Å². The monoisotopic (exact) mass is 1510 g/mol. The summed E-state index contributed by atoms with van der Waals surface area (Å²) in [6, 6.07) is 14.0. The van der Waals surface area contributed by atoms with E-state index in [-0.39, 0.29) is 33.3 Å². The number of unbranched alkanes of at least 4 members (excludes halogenated alkanes) is 51. The van der Waals surface area contributed by atoms with Crippen molar-refractivity contribution in [3.8, 4) is 0 Å². The van der Waals surface area contributed by atoms with Crippen LogP contribution >= 0.6 is 0 Å². The summed E-state index contributed by atoms with van der Waals surface area (Å²) in [7, 11) is 0. The van der Waals surface area contributed by atoms with Gasteiger partial charge in [-0.3, -0.25) is 0 Å². The fourth-order valence-corrected chi connectivity index (χ4v) is 13.8. The number of hydrogen-bond donors (Lipinski definition) is 10. The molecule has 12 nitrogen and oxygen atoms in total. The van der Waals surface area contributed by atoms with E-state index in [9.17, 15) is 46.4 Å². The number of allylic oxidation sites excluding steroid dienone is 2. The second-order valence-corrected chi connectivity index (χ2v) is 29.9. The van der Waals surface area contributed by atoms with Crippen molar-refractivity contribution in [2.75, 3.05) is 13.2 Å². The van der Waals surface area contributed by atoms with Crippen LogP contribution in [0.4, 0.5) is 0 Å². The maximum atomic E-state index is 11.5. The molecule has 13 heteroatoms. The molecule has 0 saturated heterocycles. The van der Waals surface area contributed by atoms with Crippen molar-refractivity contribution in [2.45, 2.75) is 436 Å². The van der Waals surface area contributed by atoms with Crippen LogP contribution < -0.4 is 0 Å². The first-order valence-electron chi connectivity index (χ1n) is 42.1. The fourth-order valence-electron chi connectivity index (χ4n) is 13.8. The third kappa shape index (κ3) is 51.7. The Balaban J connectivity index is 0.00000158.